The Labute approximate surface area is 337 Å². The maximum Gasteiger partial charge on any atom is 0.433 e. The third-order valence-electron chi connectivity index (χ3n) is 10.6. The van der Waals surface area contributed by atoms with Crippen molar-refractivity contribution in [3.05, 3.63) is 35.9 Å². The number of nitrogens with zero attached hydrogens (tertiary/aromatic N) is 2. The molecule has 1 saturated heterocycles. The summed E-state index contributed by atoms with van der Waals surface area (Å²) in [7, 11) is -2.47. The van der Waals surface area contributed by atoms with Crippen molar-refractivity contribution in [1.29, 1.82) is 0 Å². The minimum atomic E-state index is -2.47. The SMILES string of the molecule is CC[C@H](C)C(/C=N/C(=O)OC(C)(C)C)[C@H](CC(=O)O[C@H](C(=O)N[C@@H](CC(C)C)C(=O)N1CCC[C@H]1C(=O)OCc1ccccc1)C(C)C)O[Si](C)(C)C(C)(C)C. The standard InChI is InChI=1S/C43H71N3O9Si/c1-15-30(6)32(26-44-41(51)54-42(7,8)9)35(55-56(13,14)43(10,11)12)25-36(47)53-37(29(4)5)38(48)45-33(24-28(2)3)39(49)46-23-19-22-34(46)40(50)52-27-31-20-17-16-18-21-31/h16-18,20-21,26,28-30,32-35,37H,15,19,22-25,27H2,1-14H3,(H,45,48)/b44-26+/t30-,32?,33-,34-,35-,37-/m0/s1. The molecule has 316 valence electrons. The van der Waals surface area contributed by atoms with Gasteiger partial charge in [-0.3, -0.25) is 14.4 Å². The second-order valence-corrected chi connectivity index (χ2v) is 23.2. The molecule has 1 aromatic carbocycles. The molecule has 1 aliphatic rings. The number of esters is 2. The average Bonchev–Trinajstić information content (AvgIpc) is 3.57. The first-order chi connectivity index (χ1) is 25.9. The van der Waals surface area contributed by atoms with Crippen LogP contribution in [0.25, 0.3) is 0 Å². The Kier molecular flexibility index (Phi) is 18.4. The van der Waals surface area contributed by atoms with Gasteiger partial charge in [-0.25, -0.2) is 9.59 Å². The Morgan fingerprint density at radius 3 is 2.14 bits per heavy atom. The summed E-state index contributed by atoms with van der Waals surface area (Å²) in [6.45, 7) is 27.7. The van der Waals surface area contributed by atoms with E-state index >= 15 is 0 Å². The van der Waals surface area contributed by atoms with Crippen molar-refractivity contribution < 1.29 is 42.6 Å². The number of carbonyl (C=O) groups is 5. The van der Waals surface area contributed by atoms with Crippen molar-refractivity contribution in [3.63, 3.8) is 0 Å². The normalized spacial score (nSPS) is 18.0. The van der Waals surface area contributed by atoms with Crippen LogP contribution < -0.4 is 5.32 Å². The summed E-state index contributed by atoms with van der Waals surface area (Å²) < 4.78 is 23.8. The van der Waals surface area contributed by atoms with Gasteiger partial charge < -0.3 is 28.9 Å². The fourth-order valence-electron chi connectivity index (χ4n) is 6.22. The zero-order valence-corrected chi connectivity index (χ0v) is 37.6. The summed E-state index contributed by atoms with van der Waals surface area (Å²) in [5.41, 5.74) is 0.120. The summed E-state index contributed by atoms with van der Waals surface area (Å²) >= 11 is 0. The lowest BCUT2D eigenvalue weighted by Crippen LogP contribution is -2.55. The molecule has 6 atom stereocenters. The number of aliphatic imine (C=N–C) groups is 1. The van der Waals surface area contributed by atoms with Crippen LogP contribution in [0.2, 0.25) is 18.1 Å². The van der Waals surface area contributed by atoms with Gasteiger partial charge in [-0.1, -0.05) is 99.1 Å². The monoisotopic (exact) mass is 801 g/mol. The van der Waals surface area contributed by atoms with Gasteiger partial charge in [0.2, 0.25) is 5.91 Å². The topological polar surface area (TPSA) is 150 Å². The van der Waals surface area contributed by atoms with Crippen LogP contribution in [0.3, 0.4) is 0 Å². The highest BCUT2D eigenvalue weighted by Crippen LogP contribution is 2.39. The third-order valence-corrected chi connectivity index (χ3v) is 15.1. The number of ether oxygens (including phenoxy) is 3. The highest BCUT2D eigenvalue weighted by molar-refractivity contribution is 6.74. The summed E-state index contributed by atoms with van der Waals surface area (Å²) in [6.07, 6.45) is 0.842. The zero-order valence-electron chi connectivity index (χ0n) is 36.6. The summed E-state index contributed by atoms with van der Waals surface area (Å²) in [6, 6.07) is 7.64. The largest absolute Gasteiger partial charge is 0.459 e. The van der Waals surface area contributed by atoms with Gasteiger partial charge in [0, 0.05) is 18.7 Å². The quantitative estimate of drug-likeness (QED) is 0.0670. The van der Waals surface area contributed by atoms with Crippen molar-refractivity contribution in [1.82, 2.24) is 10.2 Å². The van der Waals surface area contributed by atoms with Crippen LogP contribution in [0.1, 0.15) is 121 Å². The van der Waals surface area contributed by atoms with Gasteiger partial charge in [0.15, 0.2) is 14.4 Å². The number of carbonyl (C=O) groups excluding carboxylic acids is 5. The molecule has 0 aliphatic carbocycles. The molecule has 13 heteroatoms. The Morgan fingerprint density at radius 1 is 0.982 bits per heavy atom. The smallest absolute Gasteiger partial charge is 0.433 e. The van der Waals surface area contributed by atoms with Crippen molar-refractivity contribution in [2.24, 2.45) is 28.7 Å². The molecule has 2 rings (SSSR count). The van der Waals surface area contributed by atoms with E-state index in [1.807, 2.05) is 58.0 Å². The number of rotatable bonds is 18. The lowest BCUT2D eigenvalue weighted by molar-refractivity contribution is -0.161. The summed E-state index contributed by atoms with van der Waals surface area (Å²) in [4.78, 5) is 73.4. The third kappa shape index (κ3) is 15.4. The van der Waals surface area contributed by atoms with Crippen LogP contribution in [-0.4, -0.2) is 85.7 Å². The maximum absolute atomic E-state index is 14.1. The van der Waals surface area contributed by atoms with Crippen molar-refractivity contribution in [2.75, 3.05) is 6.54 Å². The van der Waals surface area contributed by atoms with Crippen molar-refractivity contribution >= 4 is 44.4 Å². The minimum absolute atomic E-state index is 0.0270. The van der Waals surface area contributed by atoms with E-state index in [1.54, 1.807) is 34.6 Å². The number of amides is 3. The Balaban J connectivity index is 2.32. The van der Waals surface area contributed by atoms with Gasteiger partial charge in [-0.2, -0.15) is 4.99 Å². The first-order valence-electron chi connectivity index (χ1n) is 20.3. The first kappa shape index (κ1) is 48.6. The van der Waals surface area contributed by atoms with Crippen LogP contribution in [0, 0.1) is 23.7 Å². The second kappa shape index (κ2) is 21.3. The van der Waals surface area contributed by atoms with Gasteiger partial charge in [-0.15, -0.1) is 0 Å². The number of hydrogen-bond donors (Lipinski definition) is 1. The molecule has 1 aliphatic heterocycles. The molecule has 1 heterocycles. The molecule has 0 bridgehead atoms. The van der Waals surface area contributed by atoms with Gasteiger partial charge in [0.05, 0.1) is 12.5 Å². The molecule has 0 aromatic heterocycles. The zero-order chi connectivity index (χ0) is 42.6. The number of hydrogen-bond acceptors (Lipinski definition) is 9. The average molecular weight is 802 g/mol. The van der Waals surface area contributed by atoms with E-state index in [1.165, 1.54) is 11.1 Å². The Hall–Kier alpha value is -3.58. The van der Waals surface area contributed by atoms with E-state index < -0.39 is 74.0 Å². The molecular weight excluding hydrogens is 731 g/mol. The molecule has 0 radical (unpaired) electrons. The Bertz CT molecular complexity index is 1480. The van der Waals surface area contributed by atoms with Crippen LogP contribution in [0.15, 0.2) is 35.3 Å². The van der Waals surface area contributed by atoms with Gasteiger partial charge >= 0.3 is 18.0 Å². The van der Waals surface area contributed by atoms with Gasteiger partial charge in [-0.05, 0) is 81.5 Å². The van der Waals surface area contributed by atoms with Crippen LogP contribution in [0.4, 0.5) is 4.79 Å². The fraction of sp³-hybridized carbons (Fsp3) is 0.721. The Morgan fingerprint density at radius 2 is 1.61 bits per heavy atom. The minimum Gasteiger partial charge on any atom is -0.459 e. The molecule has 1 aromatic rings. The highest BCUT2D eigenvalue weighted by Gasteiger charge is 2.43. The lowest BCUT2D eigenvalue weighted by Gasteiger charge is -2.41. The molecule has 1 unspecified atom stereocenters. The van der Waals surface area contributed by atoms with Crippen molar-refractivity contribution in [2.45, 2.75) is 170 Å². The van der Waals surface area contributed by atoms with E-state index in [2.05, 4.69) is 44.2 Å². The van der Waals surface area contributed by atoms with E-state index in [9.17, 15) is 24.0 Å². The van der Waals surface area contributed by atoms with E-state index in [0.29, 0.717) is 25.8 Å². The first-order valence-corrected chi connectivity index (χ1v) is 23.2. The van der Waals surface area contributed by atoms with Crippen LogP contribution in [-0.2, 0) is 44.4 Å². The summed E-state index contributed by atoms with van der Waals surface area (Å²) in [5.74, 6) is -2.96. The molecule has 3 amide bonds. The maximum atomic E-state index is 14.1. The molecule has 1 fully saturated rings. The lowest BCUT2D eigenvalue weighted by atomic mass is 9.86. The predicted molar refractivity (Wildman–Crippen MR) is 221 cm³/mol. The molecule has 1 N–H and O–H groups in total. The molecule has 0 saturated carbocycles. The number of benzene rings is 1. The fourth-order valence-corrected chi connectivity index (χ4v) is 7.57. The van der Waals surface area contributed by atoms with E-state index in [0.717, 1.165) is 12.0 Å². The van der Waals surface area contributed by atoms with Crippen LogP contribution >= 0.6 is 0 Å². The summed E-state index contributed by atoms with van der Waals surface area (Å²) in [5, 5.41) is 2.69. The molecule has 12 nitrogen and oxygen atoms in total. The predicted octanol–water partition coefficient (Wildman–Crippen LogP) is 8.27. The number of likely N-dealkylation sites (tertiary alicyclic amines) is 1. The highest BCUT2D eigenvalue weighted by atomic mass is 28.4. The van der Waals surface area contributed by atoms with E-state index in [-0.39, 0.29) is 35.8 Å². The van der Waals surface area contributed by atoms with Gasteiger partial charge in [0.25, 0.3) is 5.91 Å². The van der Waals surface area contributed by atoms with Crippen LogP contribution in [0.5, 0.6) is 0 Å². The van der Waals surface area contributed by atoms with Gasteiger partial charge in [0.1, 0.15) is 24.3 Å². The number of nitrogens with one attached hydrogen (secondary N) is 1. The second-order valence-electron chi connectivity index (χ2n) is 18.5. The van der Waals surface area contributed by atoms with Crippen molar-refractivity contribution in [3.8, 4) is 0 Å². The van der Waals surface area contributed by atoms with E-state index in [4.69, 9.17) is 18.6 Å². The molecule has 56 heavy (non-hydrogen) atoms. The molecule has 0 spiro atoms. The molecular formula is C43H71N3O9Si.